The summed E-state index contributed by atoms with van der Waals surface area (Å²) in [5.41, 5.74) is 3.39. The fourth-order valence-corrected chi connectivity index (χ4v) is 4.69. The molecule has 198 valence electrons. The molecule has 0 N–H and O–H groups in total. The normalized spacial score (nSPS) is 12.0. The second kappa shape index (κ2) is 12.2. The second-order valence-electron chi connectivity index (χ2n) is 11.0. The SMILES string of the molecule is COc1cc(/C=C(\C#N)c2ccc(Cl)cc2)ccc1OC(=O)COc1ccc(C(C)(C)CC(C)(C)C)cc1. The van der Waals surface area contributed by atoms with Gasteiger partial charge in [-0.25, -0.2) is 4.79 Å². The van der Waals surface area contributed by atoms with Crippen molar-refractivity contribution < 1.29 is 19.0 Å². The molecule has 0 aliphatic carbocycles. The smallest absolute Gasteiger partial charge is 0.349 e. The van der Waals surface area contributed by atoms with Gasteiger partial charge in [-0.1, -0.05) is 76.6 Å². The van der Waals surface area contributed by atoms with E-state index in [1.165, 1.54) is 12.7 Å². The zero-order valence-corrected chi connectivity index (χ0v) is 23.6. The van der Waals surface area contributed by atoms with Crippen molar-refractivity contribution in [3.8, 4) is 23.3 Å². The molecule has 3 rings (SSSR count). The third-order valence-electron chi connectivity index (χ3n) is 5.96. The van der Waals surface area contributed by atoms with Gasteiger partial charge in [0.05, 0.1) is 18.8 Å². The van der Waals surface area contributed by atoms with Crippen LogP contribution in [0.15, 0.2) is 66.7 Å². The lowest BCUT2D eigenvalue weighted by molar-refractivity contribution is -0.136. The van der Waals surface area contributed by atoms with Crippen LogP contribution in [0.4, 0.5) is 0 Å². The van der Waals surface area contributed by atoms with Crippen molar-refractivity contribution in [3.05, 3.63) is 88.4 Å². The number of methoxy groups -OCH3 is 1. The van der Waals surface area contributed by atoms with Gasteiger partial charge in [-0.3, -0.25) is 0 Å². The predicted molar refractivity (Wildman–Crippen MR) is 153 cm³/mol. The van der Waals surface area contributed by atoms with Crippen molar-refractivity contribution in [2.75, 3.05) is 13.7 Å². The van der Waals surface area contributed by atoms with E-state index in [9.17, 15) is 10.1 Å². The number of rotatable bonds is 9. The molecule has 0 saturated heterocycles. The van der Waals surface area contributed by atoms with Crippen LogP contribution < -0.4 is 14.2 Å². The lowest BCUT2D eigenvalue weighted by atomic mass is 9.72. The van der Waals surface area contributed by atoms with E-state index in [4.69, 9.17) is 25.8 Å². The number of hydrogen-bond donors (Lipinski definition) is 0. The number of carbonyl (C=O) groups is 1. The van der Waals surface area contributed by atoms with Gasteiger partial charge in [0.25, 0.3) is 0 Å². The van der Waals surface area contributed by atoms with Crippen LogP contribution in [0.3, 0.4) is 0 Å². The Balaban J connectivity index is 1.64. The average molecular weight is 532 g/mol. The van der Waals surface area contributed by atoms with E-state index < -0.39 is 5.97 Å². The van der Waals surface area contributed by atoms with Crippen molar-refractivity contribution in [1.29, 1.82) is 5.26 Å². The molecule has 0 aromatic heterocycles. The Hall–Kier alpha value is -3.75. The molecule has 0 spiro atoms. The van der Waals surface area contributed by atoms with Gasteiger partial charge in [0.15, 0.2) is 18.1 Å². The number of esters is 1. The summed E-state index contributed by atoms with van der Waals surface area (Å²) in [5.74, 6) is 0.673. The molecule has 38 heavy (non-hydrogen) atoms. The monoisotopic (exact) mass is 531 g/mol. The van der Waals surface area contributed by atoms with Crippen LogP contribution in [0.25, 0.3) is 11.6 Å². The van der Waals surface area contributed by atoms with E-state index in [2.05, 4.69) is 40.7 Å². The molecule has 0 saturated carbocycles. The Morgan fingerprint density at radius 3 is 2.18 bits per heavy atom. The maximum atomic E-state index is 12.5. The standard InChI is InChI=1S/C32H34ClNO4/c1-31(2,3)21-32(4,5)25-10-14-27(15-11-25)37-20-30(35)38-28-16-7-22(18-29(28)36-6)17-24(19-34)23-8-12-26(33)13-9-23/h7-18H,20-21H2,1-6H3/b24-17+. The van der Waals surface area contributed by atoms with Gasteiger partial charge in [-0.05, 0) is 76.4 Å². The largest absolute Gasteiger partial charge is 0.493 e. The van der Waals surface area contributed by atoms with E-state index in [0.29, 0.717) is 22.1 Å². The number of allylic oxidation sites excluding steroid dienone is 1. The maximum absolute atomic E-state index is 12.5. The van der Waals surface area contributed by atoms with E-state index in [-0.39, 0.29) is 23.2 Å². The molecule has 3 aromatic carbocycles. The maximum Gasteiger partial charge on any atom is 0.349 e. The number of benzene rings is 3. The van der Waals surface area contributed by atoms with Gasteiger partial charge in [0.2, 0.25) is 0 Å². The van der Waals surface area contributed by atoms with Crippen LogP contribution in [0.5, 0.6) is 17.2 Å². The predicted octanol–water partition coefficient (Wildman–Crippen LogP) is 8.11. The lowest BCUT2D eigenvalue weighted by Gasteiger charge is -2.33. The van der Waals surface area contributed by atoms with E-state index >= 15 is 0 Å². The highest BCUT2D eigenvalue weighted by Crippen LogP contribution is 2.36. The molecular formula is C32H34ClNO4. The summed E-state index contributed by atoms with van der Waals surface area (Å²) >= 11 is 5.95. The summed E-state index contributed by atoms with van der Waals surface area (Å²) in [6, 6.07) is 22.1. The second-order valence-corrected chi connectivity index (χ2v) is 11.4. The first kappa shape index (κ1) is 28.8. The van der Waals surface area contributed by atoms with E-state index in [1.54, 1.807) is 48.5 Å². The van der Waals surface area contributed by atoms with E-state index in [0.717, 1.165) is 17.5 Å². The third kappa shape index (κ3) is 8.13. The molecule has 0 aliphatic rings. The zero-order chi connectivity index (χ0) is 27.9. The van der Waals surface area contributed by atoms with Gasteiger partial charge >= 0.3 is 5.97 Å². The average Bonchev–Trinajstić information content (AvgIpc) is 2.86. The lowest BCUT2D eigenvalue weighted by Crippen LogP contribution is -2.24. The molecule has 0 radical (unpaired) electrons. The highest BCUT2D eigenvalue weighted by Gasteiger charge is 2.27. The van der Waals surface area contributed by atoms with Crippen LogP contribution in [-0.4, -0.2) is 19.7 Å². The molecular weight excluding hydrogens is 498 g/mol. The Bertz CT molecular complexity index is 1330. The first-order chi connectivity index (χ1) is 17.9. The van der Waals surface area contributed by atoms with Crippen molar-refractivity contribution >= 4 is 29.2 Å². The van der Waals surface area contributed by atoms with Crippen molar-refractivity contribution in [2.24, 2.45) is 5.41 Å². The van der Waals surface area contributed by atoms with Crippen LogP contribution in [0.1, 0.15) is 57.7 Å². The molecule has 3 aromatic rings. The van der Waals surface area contributed by atoms with Crippen molar-refractivity contribution in [2.45, 2.75) is 46.5 Å². The molecule has 0 amide bonds. The summed E-state index contributed by atoms with van der Waals surface area (Å²) in [6.45, 7) is 10.9. The zero-order valence-electron chi connectivity index (χ0n) is 22.8. The highest BCUT2D eigenvalue weighted by atomic mass is 35.5. The Kier molecular flexibility index (Phi) is 9.25. The number of ether oxygens (including phenoxy) is 3. The molecule has 0 bridgehead atoms. The summed E-state index contributed by atoms with van der Waals surface area (Å²) in [6.07, 6.45) is 2.77. The number of hydrogen-bond acceptors (Lipinski definition) is 5. The van der Waals surface area contributed by atoms with Gasteiger partial charge in [-0.2, -0.15) is 5.26 Å². The molecule has 6 heteroatoms. The molecule has 0 atom stereocenters. The molecule has 5 nitrogen and oxygen atoms in total. The first-order valence-electron chi connectivity index (χ1n) is 12.4. The molecule has 0 heterocycles. The summed E-state index contributed by atoms with van der Waals surface area (Å²) in [7, 11) is 1.49. The van der Waals surface area contributed by atoms with Crippen molar-refractivity contribution in [1.82, 2.24) is 0 Å². The minimum absolute atomic E-state index is 0.0242. The number of carbonyl (C=O) groups excluding carboxylic acids is 1. The fraction of sp³-hybridized carbons (Fsp3) is 0.312. The van der Waals surface area contributed by atoms with Gasteiger partial charge in [0, 0.05) is 5.02 Å². The Labute approximate surface area is 230 Å². The van der Waals surface area contributed by atoms with Crippen LogP contribution >= 0.6 is 11.6 Å². The quantitative estimate of drug-likeness (QED) is 0.121. The van der Waals surface area contributed by atoms with E-state index in [1.807, 2.05) is 24.3 Å². The molecule has 0 aliphatic heterocycles. The Morgan fingerprint density at radius 2 is 1.61 bits per heavy atom. The van der Waals surface area contributed by atoms with Crippen molar-refractivity contribution in [3.63, 3.8) is 0 Å². The fourth-order valence-electron chi connectivity index (χ4n) is 4.56. The first-order valence-corrected chi connectivity index (χ1v) is 12.8. The molecule has 0 unspecified atom stereocenters. The number of halogens is 1. The Morgan fingerprint density at radius 1 is 0.947 bits per heavy atom. The van der Waals surface area contributed by atoms with Crippen LogP contribution in [0, 0.1) is 16.7 Å². The molecule has 0 fully saturated rings. The third-order valence-corrected chi connectivity index (χ3v) is 6.21. The van der Waals surface area contributed by atoms with Crippen LogP contribution in [-0.2, 0) is 10.2 Å². The minimum atomic E-state index is -0.553. The summed E-state index contributed by atoms with van der Waals surface area (Å²) < 4.78 is 16.6. The van der Waals surface area contributed by atoms with Gasteiger partial charge in [0.1, 0.15) is 5.75 Å². The van der Waals surface area contributed by atoms with Gasteiger partial charge < -0.3 is 14.2 Å². The van der Waals surface area contributed by atoms with Crippen LogP contribution in [0.2, 0.25) is 5.02 Å². The summed E-state index contributed by atoms with van der Waals surface area (Å²) in [5, 5.41) is 10.2. The van der Waals surface area contributed by atoms with Gasteiger partial charge in [-0.15, -0.1) is 0 Å². The minimum Gasteiger partial charge on any atom is -0.493 e. The topological polar surface area (TPSA) is 68.5 Å². The number of nitrogens with zero attached hydrogens (tertiary/aromatic N) is 1. The highest BCUT2D eigenvalue weighted by molar-refractivity contribution is 6.30. The summed E-state index contributed by atoms with van der Waals surface area (Å²) in [4.78, 5) is 12.5. The number of nitriles is 1.